The van der Waals surface area contributed by atoms with Gasteiger partial charge in [-0.05, 0) is 84.6 Å². The first kappa shape index (κ1) is 39.0. The molecule has 10 nitrogen and oxygen atoms in total. The van der Waals surface area contributed by atoms with Gasteiger partial charge in [0.15, 0.2) is 0 Å². The van der Waals surface area contributed by atoms with Crippen LogP contribution in [0.4, 0.5) is 9.18 Å². The van der Waals surface area contributed by atoms with E-state index in [4.69, 9.17) is 24.2 Å². The quantitative estimate of drug-likeness (QED) is 0.0732. The van der Waals surface area contributed by atoms with Crippen LogP contribution in [0.1, 0.15) is 67.6 Å². The number of carbonyl (C=O) groups excluding carboxylic acids is 1. The van der Waals surface area contributed by atoms with E-state index in [1.54, 1.807) is 41.3 Å². The van der Waals surface area contributed by atoms with E-state index in [1.165, 1.54) is 19.2 Å². The van der Waals surface area contributed by atoms with Crippen LogP contribution in [-0.2, 0) is 27.5 Å². The van der Waals surface area contributed by atoms with Crippen molar-refractivity contribution in [2.75, 3.05) is 26.9 Å². The highest BCUT2D eigenvalue weighted by Crippen LogP contribution is 2.62. The Morgan fingerprint density at radius 1 is 1.02 bits per heavy atom. The molecule has 54 heavy (non-hydrogen) atoms. The number of phenolic OH excluding ortho intramolecular Hbond substituents is 1. The highest BCUT2D eigenvalue weighted by Gasteiger charge is 2.65. The summed E-state index contributed by atoms with van der Waals surface area (Å²) in [5, 5.41) is 35.3. The number of methoxy groups -OCH3 is 1. The molecule has 288 valence electrons. The summed E-state index contributed by atoms with van der Waals surface area (Å²) in [6.45, 7) is 4.49. The molecule has 11 heteroatoms. The summed E-state index contributed by atoms with van der Waals surface area (Å²) in [4.78, 5) is 21.6. The zero-order valence-electron chi connectivity index (χ0n) is 30.8. The molecule has 0 aromatic heterocycles. The van der Waals surface area contributed by atoms with Gasteiger partial charge in [-0.2, -0.15) is 0 Å². The van der Waals surface area contributed by atoms with E-state index >= 15 is 0 Å². The first-order valence-corrected chi connectivity index (χ1v) is 18.9. The molecule has 3 N–H and O–H groups in total. The van der Waals surface area contributed by atoms with Crippen molar-refractivity contribution in [2.24, 2.45) is 22.9 Å². The first-order chi connectivity index (χ1) is 26.3. The second-order valence-corrected chi connectivity index (χ2v) is 14.3. The maximum Gasteiger partial charge on any atom is 0.410 e. The van der Waals surface area contributed by atoms with Gasteiger partial charge in [0.1, 0.15) is 30.0 Å². The number of aromatic hydroxyl groups is 1. The zero-order valence-corrected chi connectivity index (χ0v) is 30.8. The van der Waals surface area contributed by atoms with Crippen LogP contribution in [0.15, 0.2) is 102 Å². The topological polar surface area (TPSA) is 130 Å². The van der Waals surface area contributed by atoms with Crippen molar-refractivity contribution in [1.29, 1.82) is 0 Å². The predicted octanol–water partition coefficient (Wildman–Crippen LogP) is 7.63. The lowest BCUT2D eigenvalue weighted by molar-refractivity contribution is -0.256. The normalized spacial score (nSPS) is 24.8. The highest BCUT2D eigenvalue weighted by atomic mass is 19.1. The monoisotopic (exact) mass is 742 g/mol. The predicted molar refractivity (Wildman–Crippen MR) is 202 cm³/mol. The van der Waals surface area contributed by atoms with Gasteiger partial charge >= 0.3 is 6.09 Å². The average molecular weight is 743 g/mol. The summed E-state index contributed by atoms with van der Waals surface area (Å²) in [5.74, 6) is -2.04. The minimum atomic E-state index is -1.49. The average Bonchev–Trinajstić information content (AvgIpc) is 3.19. The Labute approximate surface area is 316 Å². The Morgan fingerprint density at radius 3 is 2.46 bits per heavy atom. The molecule has 3 aromatic rings. The number of carbonyl (C=O) groups is 1. The van der Waals surface area contributed by atoms with E-state index < -0.39 is 29.7 Å². The number of amides is 1. The van der Waals surface area contributed by atoms with E-state index in [9.17, 15) is 24.5 Å². The fraction of sp³-hybridized carbons (Fsp3) is 0.442. The fourth-order valence-corrected chi connectivity index (χ4v) is 8.62. The smallest absolute Gasteiger partial charge is 0.410 e. The molecule has 1 amide bonds. The molecule has 0 spiro atoms. The van der Waals surface area contributed by atoms with Gasteiger partial charge in [0.2, 0.25) is 5.79 Å². The Balaban J connectivity index is 1.57. The van der Waals surface area contributed by atoms with Gasteiger partial charge in [0.25, 0.3) is 0 Å². The van der Waals surface area contributed by atoms with Gasteiger partial charge < -0.3 is 34.4 Å². The van der Waals surface area contributed by atoms with Crippen molar-refractivity contribution >= 4 is 11.8 Å². The van der Waals surface area contributed by atoms with Crippen LogP contribution in [0.5, 0.6) is 11.5 Å². The van der Waals surface area contributed by atoms with Gasteiger partial charge in [0.05, 0.1) is 25.3 Å². The summed E-state index contributed by atoms with van der Waals surface area (Å²) < 4.78 is 33.5. The fourth-order valence-electron chi connectivity index (χ4n) is 8.62. The third kappa shape index (κ3) is 8.33. The number of nitrogens with zero attached hydrogens (tertiary/aromatic N) is 2. The van der Waals surface area contributed by atoms with E-state index in [0.717, 1.165) is 42.4 Å². The third-order valence-corrected chi connectivity index (χ3v) is 11.0. The Hall–Kier alpha value is -4.71. The van der Waals surface area contributed by atoms with E-state index in [1.807, 2.05) is 30.3 Å². The second kappa shape index (κ2) is 18.1. The van der Waals surface area contributed by atoms with Crippen LogP contribution in [0.25, 0.3) is 0 Å². The Morgan fingerprint density at radius 2 is 1.76 bits per heavy atom. The standard InChI is InChI=1S/C43H51FN2O8/c1-3-23-52-43-39(46(42(50)51-2)27-29-15-17-32(44)18-16-29)26-37(45-53-28-30-11-5-4-6-12-30)35-24-31(13-7-9-21-47)34(14-8-10-22-48)40(41(35)43)36-25-33(49)19-20-38(36)54-43/h3-6,11-12,15-20,24-25,31,34,39-41,47-49H,1,7-10,13-14,21-23,26-28H2,2H3. The summed E-state index contributed by atoms with van der Waals surface area (Å²) >= 11 is 0. The van der Waals surface area contributed by atoms with Crippen LogP contribution < -0.4 is 4.74 Å². The molecule has 2 aliphatic carbocycles. The van der Waals surface area contributed by atoms with Crippen molar-refractivity contribution < 1.29 is 43.6 Å². The summed E-state index contributed by atoms with van der Waals surface area (Å²) in [5.41, 5.74) is 3.94. The number of oxime groups is 1. The molecule has 0 saturated heterocycles. The molecule has 6 rings (SSSR count). The number of hydrogen-bond donors (Lipinski definition) is 3. The molecule has 3 aliphatic rings. The Bertz CT molecular complexity index is 1780. The maximum absolute atomic E-state index is 14.1. The SMILES string of the molecule is C=CCOC12Oc3ccc(O)cc3C3C(CCCCO)C(CCCCO)C=C(C(=NOCc4ccccc4)CC1N(Cc1ccc(F)cc1)C(=O)OC)C32. The number of hydrogen-bond acceptors (Lipinski definition) is 9. The third-order valence-electron chi connectivity index (χ3n) is 11.0. The number of unbranched alkanes of at least 4 members (excludes halogenated alkanes) is 2. The maximum atomic E-state index is 14.1. The van der Waals surface area contributed by atoms with Gasteiger partial charge in [-0.25, -0.2) is 9.18 Å². The number of aliphatic hydroxyl groups excluding tert-OH is 2. The summed E-state index contributed by atoms with van der Waals surface area (Å²) in [6.07, 6.45) is 7.86. The van der Waals surface area contributed by atoms with Gasteiger partial charge in [-0.3, -0.25) is 4.90 Å². The number of allylic oxidation sites excluding steroid dienone is 1. The number of rotatable bonds is 17. The number of fused-ring (bicyclic) bond motifs is 2. The summed E-state index contributed by atoms with van der Waals surface area (Å²) in [7, 11) is 1.32. The van der Waals surface area contributed by atoms with Crippen molar-refractivity contribution in [1.82, 2.24) is 4.90 Å². The van der Waals surface area contributed by atoms with Crippen LogP contribution in [0.2, 0.25) is 0 Å². The van der Waals surface area contributed by atoms with E-state index in [2.05, 4.69) is 12.7 Å². The van der Waals surface area contributed by atoms with Gasteiger partial charge in [-0.15, -0.1) is 6.58 Å². The van der Waals surface area contributed by atoms with E-state index in [0.29, 0.717) is 29.9 Å². The highest BCUT2D eigenvalue weighted by molar-refractivity contribution is 6.03. The minimum absolute atomic E-state index is 0.00839. The van der Waals surface area contributed by atoms with Crippen LogP contribution >= 0.6 is 0 Å². The number of benzene rings is 3. The molecule has 1 fully saturated rings. The molecule has 1 heterocycles. The molecular formula is C43H51FN2O8. The van der Waals surface area contributed by atoms with Crippen LogP contribution in [0.3, 0.4) is 0 Å². The van der Waals surface area contributed by atoms with Crippen molar-refractivity contribution in [3.05, 3.63) is 120 Å². The van der Waals surface area contributed by atoms with Gasteiger partial charge in [-0.1, -0.05) is 72.6 Å². The van der Waals surface area contributed by atoms with Crippen molar-refractivity contribution in [2.45, 2.75) is 75.8 Å². The zero-order chi connectivity index (χ0) is 38.1. The van der Waals surface area contributed by atoms with Crippen LogP contribution in [0, 0.1) is 23.6 Å². The minimum Gasteiger partial charge on any atom is -0.508 e. The molecular weight excluding hydrogens is 691 g/mol. The molecule has 1 aliphatic heterocycles. The van der Waals surface area contributed by atoms with E-state index in [-0.39, 0.29) is 62.9 Å². The lowest BCUT2D eigenvalue weighted by atomic mass is 9.55. The number of ether oxygens (including phenoxy) is 3. The molecule has 3 aromatic carbocycles. The molecule has 1 saturated carbocycles. The largest absolute Gasteiger partial charge is 0.508 e. The molecule has 0 bridgehead atoms. The Kier molecular flexibility index (Phi) is 13.1. The molecule has 6 atom stereocenters. The van der Waals surface area contributed by atoms with Gasteiger partial charge in [0, 0.05) is 37.7 Å². The van der Waals surface area contributed by atoms with Crippen LogP contribution in [-0.4, -0.2) is 70.8 Å². The number of phenols is 1. The molecule has 6 unspecified atom stereocenters. The number of aliphatic hydroxyl groups is 2. The first-order valence-electron chi connectivity index (χ1n) is 18.9. The lowest BCUT2D eigenvalue weighted by Crippen LogP contribution is -2.70. The van der Waals surface area contributed by atoms with Crippen molar-refractivity contribution in [3.63, 3.8) is 0 Å². The molecule has 0 radical (unpaired) electrons. The van der Waals surface area contributed by atoms with Crippen molar-refractivity contribution in [3.8, 4) is 11.5 Å². The summed E-state index contributed by atoms with van der Waals surface area (Å²) in [6, 6.07) is 20.0. The second-order valence-electron chi connectivity index (χ2n) is 14.3. The lowest BCUT2D eigenvalue weighted by Gasteiger charge is -2.59. The number of halogens is 1.